The van der Waals surface area contributed by atoms with Crippen LogP contribution in [-0.2, 0) is 14.3 Å². The number of ether oxygens (including phenoxy) is 2. The SMILES string of the molecule is CCCCCCCCCCCOC(=O)C(CC)(CC)C(=O)Oc1cccc(C)c1. The molecule has 0 aliphatic rings. The van der Waals surface area contributed by atoms with Gasteiger partial charge in [-0.15, -0.1) is 0 Å². The van der Waals surface area contributed by atoms with E-state index in [1.54, 1.807) is 12.1 Å². The van der Waals surface area contributed by atoms with Crippen LogP contribution < -0.4 is 4.74 Å². The molecule has 0 saturated carbocycles. The molecule has 164 valence electrons. The van der Waals surface area contributed by atoms with E-state index in [-0.39, 0.29) is 0 Å². The van der Waals surface area contributed by atoms with Crippen LogP contribution in [0.25, 0.3) is 0 Å². The molecule has 0 aliphatic carbocycles. The van der Waals surface area contributed by atoms with Crippen molar-refractivity contribution in [3.05, 3.63) is 29.8 Å². The second kappa shape index (κ2) is 14.2. The molecule has 4 heteroatoms. The number of hydrogen-bond acceptors (Lipinski definition) is 4. The fraction of sp³-hybridized carbons (Fsp3) is 0.680. The Hall–Kier alpha value is -1.84. The van der Waals surface area contributed by atoms with E-state index >= 15 is 0 Å². The van der Waals surface area contributed by atoms with Gasteiger partial charge in [-0.2, -0.15) is 0 Å². The summed E-state index contributed by atoms with van der Waals surface area (Å²) in [6.45, 7) is 8.20. The summed E-state index contributed by atoms with van der Waals surface area (Å²) in [5, 5.41) is 0. The molecule has 4 nitrogen and oxygen atoms in total. The number of rotatable bonds is 15. The highest BCUT2D eigenvalue weighted by molar-refractivity contribution is 6.00. The van der Waals surface area contributed by atoms with Gasteiger partial charge >= 0.3 is 11.9 Å². The van der Waals surface area contributed by atoms with E-state index in [2.05, 4.69) is 6.92 Å². The van der Waals surface area contributed by atoms with Crippen LogP contribution in [-0.4, -0.2) is 18.5 Å². The third kappa shape index (κ3) is 8.59. The van der Waals surface area contributed by atoms with Gasteiger partial charge in [-0.25, -0.2) is 0 Å². The van der Waals surface area contributed by atoms with Gasteiger partial charge in [0.25, 0.3) is 0 Å². The molecule has 0 heterocycles. The second-order valence-corrected chi connectivity index (χ2v) is 7.96. The summed E-state index contributed by atoms with van der Waals surface area (Å²) in [6, 6.07) is 7.29. The molecule has 1 aromatic rings. The maximum atomic E-state index is 12.8. The van der Waals surface area contributed by atoms with E-state index in [0.29, 0.717) is 25.2 Å². The number of carbonyl (C=O) groups is 2. The molecule has 1 aromatic carbocycles. The van der Waals surface area contributed by atoms with Gasteiger partial charge in [-0.1, -0.05) is 84.3 Å². The highest BCUT2D eigenvalue weighted by Gasteiger charge is 2.46. The van der Waals surface area contributed by atoms with Crippen molar-refractivity contribution in [2.75, 3.05) is 6.61 Å². The number of esters is 2. The van der Waals surface area contributed by atoms with E-state index in [0.717, 1.165) is 18.4 Å². The maximum absolute atomic E-state index is 12.8. The highest BCUT2D eigenvalue weighted by Crippen LogP contribution is 2.31. The first kappa shape index (κ1) is 25.2. The van der Waals surface area contributed by atoms with Crippen LogP contribution in [0.1, 0.15) is 97.0 Å². The molecule has 29 heavy (non-hydrogen) atoms. The minimum absolute atomic E-state index is 0.366. The molecule has 0 N–H and O–H groups in total. The quantitative estimate of drug-likeness (QED) is 0.140. The lowest BCUT2D eigenvalue weighted by atomic mass is 9.82. The maximum Gasteiger partial charge on any atom is 0.328 e. The lowest BCUT2D eigenvalue weighted by molar-refractivity contribution is -0.168. The Bertz CT molecular complexity index is 605. The Morgan fingerprint density at radius 2 is 1.41 bits per heavy atom. The summed E-state index contributed by atoms with van der Waals surface area (Å²) in [5.74, 6) is -0.516. The minimum atomic E-state index is -1.23. The van der Waals surface area contributed by atoms with Crippen LogP contribution in [0.3, 0.4) is 0 Å². The van der Waals surface area contributed by atoms with Crippen molar-refractivity contribution in [3.63, 3.8) is 0 Å². The van der Waals surface area contributed by atoms with Crippen LogP contribution in [0.4, 0.5) is 0 Å². The average molecular weight is 405 g/mol. The van der Waals surface area contributed by atoms with Gasteiger partial charge in [-0.3, -0.25) is 9.59 Å². The predicted molar refractivity (Wildman–Crippen MR) is 118 cm³/mol. The molecule has 0 bridgehead atoms. The van der Waals surface area contributed by atoms with Gasteiger partial charge in [0, 0.05) is 0 Å². The average Bonchev–Trinajstić information content (AvgIpc) is 2.70. The van der Waals surface area contributed by atoms with Crippen LogP contribution in [0.15, 0.2) is 24.3 Å². The van der Waals surface area contributed by atoms with E-state index in [9.17, 15) is 9.59 Å². The normalized spacial score (nSPS) is 11.3. The van der Waals surface area contributed by atoms with Gasteiger partial charge in [0.2, 0.25) is 0 Å². The number of benzene rings is 1. The third-order valence-corrected chi connectivity index (χ3v) is 5.67. The summed E-state index contributed by atoms with van der Waals surface area (Å²) in [6.07, 6.45) is 11.6. The molecule has 0 saturated heterocycles. The molecule has 0 atom stereocenters. The Morgan fingerprint density at radius 3 is 1.97 bits per heavy atom. The Kier molecular flexibility index (Phi) is 12.3. The lowest BCUT2D eigenvalue weighted by Gasteiger charge is -2.26. The Balaban J connectivity index is 2.41. The van der Waals surface area contributed by atoms with Gasteiger partial charge in [0.1, 0.15) is 5.75 Å². The zero-order valence-corrected chi connectivity index (χ0v) is 18.9. The van der Waals surface area contributed by atoms with E-state index < -0.39 is 17.4 Å². The lowest BCUT2D eigenvalue weighted by Crippen LogP contribution is -2.42. The van der Waals surface area contributed by atoms with Crippen LogP contribution in [0, 0.1) is 12.3 Å². The second-order valence-electron chi connectivity index (χ2n) is 7.96. The van der Waals surface area contributed by atoms with Crippen molar-refractivity contribution in [2.24, 2.45) is 5.41 Å². The van der Waals surface area contributed by atoms with Gasteiger partial charge < -0.3 is 9.47 Å². The molecule has 0 unspecified atom stereocenters. The summed E-state index contributed by atoms with van der Waals surface area (Å²) in [5.41, 5.74) is -0.231. The number of hydrogen-bond donors (Lipinski definition) is 0. The molecule has 0 fully saturated rings. The zero-order valence-electron chi connectivity index (χ0n) is 18.9. The van der Waals surface area contributed by atoms with Crippen LogP contribution in [0.5, 0.6) is 5.75 Å². The fourth-order valence-corrected chi connectivity index (χ4v) is 3.51. The Labute approximate surface area is 177 Å². The minimum Gasteiger partial charge on any atom is -0.465 e. The predicted octanol–water partition coefficient (Wildman–Crippen LogP) is 6.78. The van der Waals surface area contributed by atoms with Crippen molar-refractivity contribution in [1.29, 1.82) is 0 Å². The van der Waals surface area contributed by atoms with Crippen molar-refractivity contribution in [3.8, 4) is 5.75 Å². The monoisotopic (exact) mass is 404 g/mol. The van der Waals surface area contributed by atoms with Gasteiger partial charge in [-0.05, 0) is 43.9 Å². The standard InChI is InChI=1S/C25H40O4/c1-5-8-9-10-11-12-13-14-15-19-28-23(26)25(6-2,7-3)24(27)29-22-18-16-17-21(4)20-22/h16-18,20H,5-15,19H2,1-4H3. The van der Waals surface area contributed by atoms with E-state index in [1.165, 1.54) is 44.9 Å². The first-order valence-corrected chi connectivity index (χ1v) is 11.5. The topological polar surface area (TPSA) is 52.6 Å². The molecule has 0 radical (unpaired) electrons. The fourth-order valence-electron chi connectivity index (χ4n) is 3.51. The molecular formula is C25H40O4. The Morgan fingerprint density at radius 1 is 0.828 bits per heavy atom. The molecule has 0 aromatic heterocycles. The largest absolute Gasteiger partial charge is 0.465 e. The summed E-state index contributed by atoms with van der Waals surface area (Å²) >= 11 is 0. The molecular weight excluding hydrogens is 364 g/mol. The highest BCUT2D eigenvalue weighted by atomic mass is 16.6. The van der Waals surface area contributed by atoms with Crippen molar-refractivity contribution >= 4 is 11.9 Å². The first-order chi connectivity index (χ1) is 14.0. The molecule has 0 amide bonds. The van der Waals surface area contributed by atoms with Crippen LogP contribution >= 0.6 is 0 Å². The van der Waals surface area contributed by atoms with E-state index in [4.69, 9.17) is 9.47 Å². The smallest absolute Gasteiger partial charge is 0.328 e. The first-order valence-electron chi connectivity index (χ1n) is 11.5. The van der Waals surface area contributed by atoms with Crippen molar-refractivity contribution in [2.45, 2.75) is 98.3 Å². The number of carbonyl (C=O) groups excluding carboxylic acids is 2. The molecule has 1 rings (SSSR count). The number of aryl methyl sites for hydroxylation is 1. The van der Waals surface area contributed by atoms with Gasteiger partial charge in [0.15, 0.2) is 5.41 Å². The zero-order chi connectivity index (χ0) is 21.5. The third-order valence-electron chi connectivity index (χ3n) is 5.67. The van der Waals surface area contributed by atoms with Crippen LogP contribution in [0.2, 0.25) is 0 Å². The number of unbranched alkanes of at least 4 members (excludes halogenated alkanes) is 8. The van der Waals surface area contributed by atoms with E-state index in [1.807, 2.05) is 32.9 Å². The molecule has 0 aliphatic heterocycles. The summed E-state index contributed by atoms with van der Waals surface area (Å²) < 4.78 is 11.0. The van der Waals surface area contributed by atoms with Crippen molar-refractivity contribution in [1.82, 2.24) is 0 Å². The summed E-state index contributed by atoms with van der Waals surface area (Å²) in [7, 11) is 0. The summed E-state index contributed by atoms with van der Waals surface area (Å²) in [4.78, 5) is 25.5. The molecule has 0 spiro atoms. The van der Waals surface area contributed by atoms with Gasteiger partial charge in [0.05, 0.1) is 6.61 Å². The van der Waals surface area contributed by atoms with Crippen molar-refractivity contribution < 1.29 is 19.1 Å².